The van der Waals surface area contributed by atoms with Gasteiger partial charge in [-0.2, -0.15) is 5.10 Å². The van der Waals surface area contributed by atoms with Gasteiger partial charge in [0, 0.05) is 6.54 Å². The quantitative estimate of drug-likeness (QED) is 0.477. The van der Waals surface area contributed by atoms with Crippen LogP contribution in [0.5, 0.6) is 0 Å². The van der Waals surface area contributed by atoms with Crippen LogP contribution in [0.4, 0.5) is 0 Å². The first-order valence-corrected chi connectivity index (χ1v) is 3.04. The minimum Gasteiger partial charge on any atom is -0.280 e. The van der Waals surface area contributed by atoms with Crippen molar-refractivity contribution in [3.63, 3.8) is 0 Å². The second-order valence-electron chi connectivity index (χ2n) is 2.03. The number of hydrogen-bond acceptors (Lipinski definition) is 1. The summed E-state index contributed by atoms with van der Waals surface area (Å²) >= 11 is 0. The van der Waals surface area contributed by atoms with Gasteiger partial charge in [-0.1, -0.05) is 0 Å². The zero-order chi connectivity index (χ0) is 6.85. The molecule has 0 bridgehead atoms. The van der Waals surface area contributed by atoms with E-state index in [0.29, 0.717) is 0 Å². The van der Waals surface area contributed by atoms with Crippen molar-refractivity contribution in [3.05, 3.63) is 11.8 Å². The molecule has 0 aliphatic carbocycles. The van der Waals surface area contributed by atoms with E-state index < -0.39 is 0 Å². The molecule has 46 valence electrons. The Labute approximate surface area is 56.3 Å². The van der Waals surface area contributed by atoms with Gasteiger partial charge in [-0.15, -0.1) is 0 Å². The lowest BCUT2D eigenvalue weighted by Gasteiger charge is -1.95. The van der Waals surface area contributed by atoms with Crippen LogP contribution in [0.25, 0.3) is 0 Å². The number of nitrogens with zero attached hydrogens (tertiary/aromatic N) is 2. The van der Waals surface area contributed by atoms with Crippen LogP contribution in [-0.2, 0) is 6.54 Å². The molecule has 0 spiro atoms. The van der Waals surface area contributed by atoms with Crippen molar-refractivity contribution < 1.29 is 0 Å². The first-order chi connectivity index (χ1) is 4.24. The van der Waals surface area contributed by atoms with Crippen molar-refractivity contribution in [1.82, 2.24) is 9.78 Å². The zero-order valence-corrected chi connectivity index (χ0v) is 5.76. The second kappa shape index (κ2) is 2.25. The molecular weight excluding hydrogens is 111 g/mol. The topological polar surface area (TPSA) is 17.8 Å². The summed E-state index contributed by atoms with van der Waals surface area (Å²) in [4.78, 5) is 0. The highest BCUT2D eigenvalue weighted by Gasteiger charge is 1.94. The predicted octanol–water partition coefficient (Wildman–Crippen LogP) is 0.00522. The molecule has 0 fully saturated rings. The van der Waals surface area contributed by atoms with Gasteiger partial charge in [0.2, 0.25) is 0 Å². The van der Waals surface area contributed by atoms with E-state index in [1.54, 1.807) is 4.68 Å². The molecule has 1 aromatic heterocycles. The smallest absolute Gasteiger partial charge is 0.141 e. The van der Waals surface area contributed by atoms with Gasteiger partial charge >= 0.3 is 0 Å². The number of aromatic nitrogens is 2. The molecule has 1 rings (SSSR count). The summed E-state index contributed by atoms with van der Waals surface area (Å²) in [6, 6.07) is 1.86. The van der Waals surface area contributed by atoms with E-state index in [2.05, 4.69) is 5.10 Å². The van der Waals surface area contributed by atoms with Crippen molar-refractivity contribution in [2.75, 3.05) is 0 Å². The zero-order valence-electron chi connectivity index (χ0n) is 5.76. The monoisotopic (exact) mass is 120 g/mol. The molecule has 2 radical (unpaired) electrons. The Morgan fingerprint density at radius 3 is 2.67 bits per heavy atom. The molecule has 0 amide bonds. The van der Waals surface area contributed by atoms with Crippen LogP contribution in [0.1, 0.15) is 12.6 Å². The van der Waals surface area contributed by atoms with Gasteiger partial charge < -0.3 is 0 Å². The Hall–Kier alpha value is -0.725. The van der Waals surface area contributed by atoms with E-state index in [1.807, 2.05) is 19.9 Å². The average Bonchev–Trinajstić information content (AvgIpc) is 2.10. The summed E-state index contributed by atoms with van der Waals surface area (Å²) in [5, 5.41) is 4.12. The molecule has 0 aliphatic heterocycles. The highest BCUT2D eigenvalue weighted by Crippen LogP contribution is 1.87. The molecule has 0 atom stereocenters. The van der Waals surface area contributed by atoms with Gasteiger partial charge in [-0.05, 0) is 25.5 Å². The molecule has 1 heterocycles. The molecule has 0 aliphatic rings. The predicted molar refractivity (Wildman–Crippen MR) is 38.0 cm³/mol. The summed E-state index contributed by atoms with van der Waals surface area (Å²) in [6.07, 6.45) is 0. The average molecular weight is 120 g/mol. The van der Waals surface area contributed by atoms with E-state index >= 15 is 0 Å². The van der Waals surface area contributed by atoms with Crippen molar-refractivity contribution in [2.24, 2.45) is 0 Å². The van der Waals surface area contributed by atoms with E-state index in [-0.39, 0.29) is 0 Å². The van der Waals surface area contributed by atoms with E-state index in [4.69, 9.17) is 7.85 Å². The Kier molecular flexibility index (Phi) is 1.60. The van der Waals surface area contributed by atoms with E-state index in [0.717, 1.165) is 17.8 Å². The highest BCUT2D eigenvalue weighted by molar-refractivity contribution is 6.30. The lowest BCUT2D eigenvalue weighted by atomic mass is 10.1. The number of rotatable bonds is 1. The third-order valence-electron chi connectivity index (χ3n) is 1.23. The molecule has 0 N–H and O–H groups in total. The lowest BCUT2D eigenvalue weighted by molar-refractivity contribution is 0.670. The molecule has 0 aromatic carbocycles. The maximum absolute atomic E-state index is 5.55. The minimum absolute atomic E-state index is 0.745. The standard InChI is InChI=1S/C6H9BN2/c1-3-9-6(7)4-5(2)8-9/h4H,3H2,1-2H3. The molecule has 9 heavy (non-hydrogen) atoms. The summed E-state index contributed by atoms with van der Waals surface area (Å²) in [5.41, 5.74) is 1.73. The fourth-order valence-corrected chi connectivity index (χ4v) is 0.819. The molecule has 3 heteroatoms. The molecule has 2 nitrogen and oxygen atoms in total. The van der Waals surface area contributed by atoms with Gasteiger partial charge in [0.1, 0.15) is 7.85 Å². The van der Waals surface area contributed by atoms with Crippen LogP contribution in [0.3, 0.4) is 0 Å². The summed E-state index contributed by atoms with van der Waals surface area (Å²) in [5.74, 6) is 0. The van der Waals surface area contributed by atoms with Crippen LogP contribution in [0.2, 0.25) is 0 Å². The number of hydrogen-bond donors (Lipinski definition) is 0. The first-order valence-electron chi connectivity index (χ1n) is 3.04. The van der Waals surface area contributed by atoms with Crippen molar-refractivity contribution >= 4 is 13.4 Å². The molecule has 1 aromatic rings. The third-order valence-corrected chi connectivity index (χ3v) is 1.23. The van der Waals surface area contributed by atoms with Crippen molar-refractivity contribution in [1.29, 1.82) is 0 Å². The van der Waals surface area contributed by atoms with Gasteiger partial charge in [-0.3, -0.25) is 4.68 Å². The number of aryl methyl sites for hydroxylation is 2. The Bertz CT molecular complexity index is 205. The van der Waals surface area contributed by atoms with Gasteiger partial charge in [-0.25, -0.2) is 0 Å². The fraction of sp³-hybridized carbons (Fsp3) is 0.500. The Morgan fingerprint density at radius 2 is 2.44 bits per heavy atom. The lowest BCUT2D eigenvalue weighted by Crippen LogP contribution is -2.16. The first kappa shape index (κ1) is 6.40. The van der Waals surface area contributed by atoms with Crippen LogP contribution < -0.4 is 5.59 Å². The van der Waals surface area contributed by atoms with Gasteiger partial charge in [0.15, 0.2) is 0 Å². The van der Waals surface area contributed by atoms with Crippen LogP contribution >= 0.6 is 0 Å². The van der Waals surface area contributed by atoms with Crippen molar-refractivity contribution in [3.8, 4) is 0 Å². The van der Waals surface area contributed by atoms with Gasteiger partial charge in [0.05, 0.1) is 5.69 Å². The van der Waals surface area contributed by atoms with Crippen LogP contribution in [0.15, 0.2) is 6.07 Å². The molecule has 0 unspecified atom stereocenters. The Balaban J connectivity index is 3.01. The summed E-state index contributed by atoms with van der Waals surface area (Å²) in [7, 11) is 5.55. The molecule has 0 saturated heterocycles. The van der Waals surface area contributed by atoms with Crippen LogP contribution in [0, 0.1) is 6.92 Å². The van der Waals surface area contributed by atoms with Crippen LogP contribution in [-0.4, -0.2) is 17.6 Å². The van der Waals surface area contributed by atoms with Gasteiger partial charge in [0.25, 0.3) is 0 Å². The normalized spacial score (nSPS) is 10.0. The second-order valence-corrected chi connectivity index (χ2v) is 2.03. The largest absolute Gasteiger partial charge is 0.280 e. The van der Waals surface area contributed by atoms with E-state index in [1.165, 1.54) is 0 Å². The summed E-state index contributed by atoms with van der Waals surface area (Å²) < 4.78 is 1.77. The third kappa shape index (κ3) is 1.15. The minimum atomic E-state index is 0.745. The SMILES string of the molecule is [B]c1cc(C)nn1CC. The highest BCUT2D eigenvalue weighted by atomic mass is 15.3. The molecule has 0 saturated carbocycles. The Morgan fingerprint density at radius 1 is 1.78 bits per heavy atom. The van der Waals surface area contributed by atoms with Crippen molar-refractivity contribution in [2.45, 2.75) is 20.4 Å². The summed E-state index contributed by atoms with van der Waals surface area (Å²) in [6.45, 7) is 4.80. The molecular formula is C6H9BN2. The maximum atomic E-state index is 5.55. The fourth-order valence-electron chi connectivity index (χ4n) is 0.819. The maximum Gasteiger partial charge on any atom is 0.141 e. The van der Waals surface area contributed by atoms with E-state index in [9.17, 15) is 0 Å².